The summed E-state index contributed by atoms with van der Waals surface area (Å²) in [6, 6.07) is 4.82. The molecule has 0 aliphatic carbocycles. The second-order valence-electron chi connectivity index (χ2n) is 4.58. The minimum Gasteiger partial charge on any atom is -0.352 e. The fourth-order valence-corrected chi connectivity index (χ4v) is 4.29. The van der Waals surface area contributed by atoms with E-state index in [0.717, 1.165) is 0 Å². The van der Waals surface area contributed by atoms with Crippen LogP contribution in [-0.2, 0) is 9.84 Å². The van der Waals surface area contributed by atoms with E-state index in [1.54, 1.807) is 18.2 Å². The van der Waals surface area contributed by atoms with Gasteiger partial charge in [0.15, 0.2) is 9.84 Å². The van der Waals surface area contributed by atoms with Gasteiger partial charge in [-0.3, -0.25) is 4.79 Å². The van der Waals surface area contributed by atoms with Gasteiger partial charge in [-0.2, -0.15) is 0 Å². The minimum atomic E-state index is -2.92. The van der Waals surface area contributed by atoms with Crippen LogP contribution in [0.5, 0.6) is 0 Å². The van der Waals surface area contributed by atoms with E-state index in [4.69, 9.17) is 23.2 Å². The monoisotopic (exact) mass is 321 g/mol. The molecule has 1 aromatic carbocycles. The number of carbonyl (C=O) groups excluding carboxylic acids is 1. The third kappa shape index (κ3) is 3.61. The van der Waals surface area contributed by atoms with E-state index in [0.29, 0.717) is 23.6 Å². The number of carbonyl (C=O) groups is 1. The molecule has 1 saturated heterocycles. The Morgan fingerprint density at radius 2 is 2.11 bits per heavy atom. The molecule has 7 heteroatoms. The molecule has 1 fully saturated rings. The molecule has 1 atom stereocenters. The molecule has 0 saturated carbocycles. The molecule has 1 aromatic rings. The van der Waals surface area contributed by atoms with E-state index >= 15 is 0 Å². The number of benzene rings is 1. The van der Waals surface area contributed by atoms with Crippen molar-refractivity contribution in [2.24, 2.45) is 5.92 Å². The maximum atomic E-state index is 11.9. The minimum absolute atomic E-state index is 0.0214. The maximum absolute atomic E-state index is 11.9. The molecule has 0 spiro atoms. The van der Waals surface area contributed by atoms with Crippen molar-refractivity contribution in [3.63, 3.8) is 0 Å². The fourth-order valence-electron chi connectivity index (χ4n) is 2.04. The van der Waals surface area contributed by atoms with Crippen LogP contribution in [0.25, 0.3) is 0 Å². The third-order valence-electron chi connectivity index (χ3n) is 3.07. The lowest BCUT2D eigenvalue weighted by Gasteiger charge is -2.10. The molecule has 1 aliphatic heterocycles. The summed E-state index contributed by atoms with van der Waals surface area (Å²) in [7, 11) is -2.92. The van der Waals surface area contributed by atoms with Gasteiger partial charge in [0.25, 0.3) is 5.91 Å². The predicted molar refractivity (Wildman–Crippen MR) is 75.6 cm³/mol. The van der Waals surface area contributed by atoms with E-state index in [2.05, 4.69) is 5.32 Å². The summed E-state index contributed by atoms with van der Waals surface area (Å²) in [5, 5.41) is 3.23. The van der Waals surface area contributed by atoms with Gasteiger partial charge in [-0.25, -0.2) is 8.42 Å². The number of hydrogen-bond acceptors (Lipinski definition) is 3. The quantitative estimate of drug-likeness (QED) is 0.927. The van der Waals surface area contributed by atoms with Crippen molar-refractivity contribution >= 4 is 38.9 Å². The van der Waals surface area contributed by atoms with Gasteiger partial charge in [-0.1, -0.05) is 29.3 Å². The van der Waals surface area contributed by atoms with Gasteiger partial charge in [0.1, 0.15) is 0 Å². The predicted octanol–water partition coefficient (Wildman–Crippen LogP) is 2.16. The zero-order valence-corrected chi connectivity index (χ0v) is 12.4. The lowest BCUT2D eigenvalue weighted by Crippen LogP contribution is -2.30. The van der Waals surface area contributed by atoms with Crippen molar-refractivity contribution in [3.8, 4) is 0 Å². The van der Waals surface area contributed by atoms with Crippen molar-refractivity contribution in [2.45, 2.75) is 6.42 Å². The highest BCUT2D eigenvalue weighted by molar-refractivity contribution is 7.91. The molecule has 1 heterocycles. The van der Waals surface area contributed by atoms with Crippen LogP contribution in [0.2, 0.25) is 10.0 Å². The highest BCUT2D eigenvalue weighted by atomic mass is 35.5. The van der Waals surface area contributed by atoms with E-state index in [1.165, 1.54) is 0 Å². The van der Waals surface area contributed by atoms with Crippen LogP contribution in [0.1, 0.15) is 16.8 Å². The number of amides is 1. The smallest absolute Gasteiger partial charge is 0.252 e. The largest absolute Gasteiger partial charge is 0.352 e. The molecule has 2 rings (SSSR count). The molecule has 1 N–H and O–H groups in total. The summed E-state index contributed by atoms with van der Waals surface area (Å²) in [5.74, 6) is -0.0223. The highest BCUT2D eigenvalue weighted by Gasteiger charge is 2.28. The van der Waals surface area contributed by atoms with Crippen LogP contribution in [-0.4, -0.2) is 32.4 Å². The summed E-state index contributed by atoms with van der Waals surface area (Å²) in [6.07, 6.45) is 0.589. The first-order valence-corrected chi connectivity index (χ1v) is 8.39. The van der Waals surface area contributed by atoms with Crippen LogP contribution in [0.3, 0.4) is 0 Å². The molecule has 1 unspecified atom stereocenters. The normalized spacial score (nSPS) is 21.3. The van der Waals surface area contributed by atoms with Crippen molar-refractivity contribution in [3.05, 3.63) is 33.8 Å². The molecule has 1 amide bonds. The topological polar surface area (TPSA) is 63.2 Å². The van der Waals surface area contributed by atoms with Gasteiger partial charge in [-0.15, -0.1) is 0 Å². The Morgan fingerprint density at radius 3 is 2.74 bits per heavy atom. The average molecular weight is 322 g/mol. The van der Waals surface area contributed by atoms with Gasteiger partial charge in [0.05, 0.1) is 27.1 Å². The lowest BCUT2D eigenvalue weighted by atomic mass is 10.1. The summed E-state index contributed by atoms with van der Waals surface area (Å²) < 4.78 is 22.6. The molecule has 4 nitrogen and oxygen atoms in total. The Morgan fingerprint density at radius 1 is 1.37 bits per heavy atom. The molecule has 104 valence electrons. The second-order valence-corrected chi connectivity index (χ2v) is 7.59. The zero-order valence-electron chi connectivity index (χ0n) is 10.0. The first-order chi connectivity index (χ1) is 8.89. The molecule has 1 aliphatic rings. The number of hydrogen-bond donors (Lipinski definition) is 1. The standard InChI is InChI=1S/C12H13Cl2NO3S/c13-10-3-1-2-9(11(10)14)12(16)15-6-8-4-5-19(17,18)7-8/h1-3,8H,4-7H2,(H,15,16). The zero-order chi connectivity index (χ0) is 14.0. The Bertz CT molecular complexity index is 601. The Kier molecular flexibility index (Phi) is 4.38. The van der Waals surface area contributed by atoms with Gasteiger partial charge < -0.3 is 5.32 Å². The van der Waals surface area contributed by atoms with Crippen molar-refractivity contribution in [1.29, 1.82) is 0 Å². The van der Waals surface area contributed by atoms with Gasteiger partial charge in [-0.05, 0) is 24.5 Å². The molecule has 0 aromatic heterocycles. The molecular formula is C12H13Cl2NO3S. The SMILES string of the molecule is O=C(NCC1CCS(=O)(=O)C1)c1cccc(Cl)c1Cl. The fraction of sp³-hybridized carbons (Fsp3) is 0.417. The summed E-state index contributed by atoms with van der Waals surface area (Å²) in [4.78, 5) is 11.9. The van der Waals surface area contributed by atoms with E-state index < -0.39 is 9.84 Å². The van der Waals surface area contributed by atoms with Crippen LogP contribution in [0.15, 0.2) is 18.2 Å². The first kappa shape index (κ1) is 14.6. The van der Waals surface area contributed by atoms with Gasteiger partial charge in [0, 0.05) is 6.54 Å². The molecule has 0 radical (unpaired) electrons. The first-order valence-electron chi connectivity index (χ1n) is 5.82. The molecule has 0 bridgehead atoms. The third-order valence-corrected chi connectivity index (χ3v) is 5.73. The van der Waals surface area contributed by atoms with E-state index in [9.17, 15) is 13.2 Å². The Hall–Kier alpha value is -0.780. The van der Waals surface area contributed by atoms with E-state index in [-0.39, 0.29) is 28.4 Å². The van der Waals surface area contributed by atoms with Gasteiger partial charge in [0.2, 0.25) is 0 Å². The van der Waals surface area contributed by atoms with Crippen molar-refractivity contribution in [2.75, 3.05) is 18.1 Å². The Balaban J connectivity index is 1.97. The number of halogens is 2. The van der Waals surface area contributed by atoms with E-state index in [1.807, 2.05) is 0 Å². The summed E-state index contributed by atoms with van der Waals surface area (Å²) >= 11 is 11.8. The highest BCUT2D eigenvalue weighted by Crippen LogP contribution is 2.25. The van der Waals surface area contributed by atoms with Crippen LogP contribution in [0.4, 0.5) is 0 Å². The second kappa shape index (κ2) is 5.69. The average Bonchev–Trinajstić information content (AvgIpc) is 2.69. The van der Waals surface area contributed by atoms with Crippen molar-refractivity contribution in [1.82, 2.24) is 5.32 Å². The molecular weight excluding hydrogens is 309 g/mol. The number of rotatable bonds is 3. The summed E-state index contributed by atoms with van der Waals surface area (Å²) in [6.45, 7) is 0.334. The molecule has 19 heavy (non-hydrogen) atoms. The van der Waals surface area contributed by atoms with Crippen LogP contribution in [0, 0.1) is 5.92 Å². The van der Waals surface area contributed by atoms with Crippen LogP contribution < -0.4 is 5.32 Å². The summed E-state index contributed by atoms with van der Waals surface area (Å²) in [5.41, 5.74) is 0.301. The van der Waals surface area contributed by atoms with Crippen LogP contribution >= 0.6 is 23.2 Å². The Labute approximate surface area is 122 Å². The number of sulfone groups is 1. The maximum Gasteiger partial charge on any atom is 0.252 e. The lowest BCUT2D eigenvalue weighted by molar-refractivity contribution is 0.0948. The van der Waals surface area contributed by atoms with Crippen molar-refractivity contribution < 1.29 is 13.2 Å². The number of nitrogens with one attached hydrogen (secondary N) is 1. The van der Waals surface area contributed by atoms with Gasteiger partial charge >= 0.3 is 0 Å².